The molecule has 0 unspecified atom stereocenters. The monoisotopic (exact) mass is 263 g/mol. The number of carboxylic acid groups (broad SMARTS) is 1. The highest BCUT2D eigenvalue weighted by Crippen LogP contribution is 2.18. The van der Waals surface area contributed by atoms with E-state index in [9.17, 15) is 4.79 Å². The number of carboxylic acids is 1. The number of benzene rings is 1. The molecule has 0 aliphatic carbocycles. The molecule has 106 valence electrons. The Morgan fingerprint density at radius 1 is 1.32 bits per heavy atom. The zero-order valence-corrected chi connectivity index (χ0v) is 12.2. The average molecular weight is 263 g/mol. The van der Waals surface area contributed by atoms with Crippen molar-refractivity contribution in [3.8, 4) is 0 Å². The summed E-state index contributed by atoms with van der Waals surface area (Å²) < 4.78 is 0. The second kappa shape index (κ2) is 7.95. The molecule has 0 spiro atoms. The highest BCUT2D eigenvalue weighted by atomic mass is 16.4. The quantitative estimate of drug-likeness (QED) is 0.706. The van der Waals surface area contributed by atoms with Gasteiger partial charge in [0.25, 0.3) is 0 Å². The van der Waals surface area contributed by atoms with Gasteiger partial charge in [0, 0.05) is 13.0 Å². The maximum atomic E-state index is 10.4. The topological polar surface area (TPSA) is 49.3 Å². The van der Waals surface area contributed by atoms with Crippen LogP contribution in [0.1, 0.15) is 55.7 Å². The van der Waals surface area contributed by atoms with Gasteiger partial charge in [-0.05, 0) is 48.9 Å². The predicted molar refractivity (Wildman–Crippen MR) is 78.5 cm³/mol. The van der Waals surface area contributed by atoms with Gasteiger partial charge in [-0.15, -0.1) is 0 Å². The van der Waals surface area contributed by atoms with Crippen LogP contribution in [0.15, 0.2) is 18.2 Å². The lowest BCUT2D eigenvalue weighted by Crippen LogP contribution is -2.16. The Bertz CT molecular complexity index is 413. The summed E-state index contributed by atoms with van der Waals surface area (Å²) in [6.45, 7) is 8.27. The van der Waals surface area contributed by atoms with Gasteiger partial charge in [-0.3, -0.25) is 4.79 Å². The van der Waals surface area contributed by atoms with Gasteiger partial charge in [-0.25, -0.2) is 0 Å². The highest BCUT2D eigenvalue weighted by Gasteiger charge is 2.03. The lowest BCUT2D eigenvalue weighted by molar-refractivity contribution is -0.137. The van der Waals surface area contributed by atoms with Crippen molar-refractivity contribution in [2.24, 2.45) is 0 Å². The van der Waals surface area contributed by atoms with Crippen LogP contribution in [0.3, 0.4) is 0 Å². The van der Waals surface area contributed by atoms with Crippen molar-refractivity contribution in [2.75, 3.05) is 6.54 Å². The SMILES string of the molecule is Cc1ccc(C(C)C)cc1CNCCCCC(=O)O. The highest BCUT2D eigenvalue weighted by molar-refractivity contribution is 5.66. The Morgan fingerprint density at radius 3 is 2.68 bits per heavy atom. The fourth-order valence-electron chi connectivity index (χ4n) is 1.99. The van der Waals surface area contributed by atoms with Gasteiger partial charge in [0.05, 0.1) is 0 Å². The lowest BCUT2D eigenvalue weighted by Gasteiger charge is -2.12. The van der Waals surface area contributed by atoms with Crippen LogP contribution in [0.2, 0.25) is 0 Å². The first-order valence-corrected chi connectivity index (χ1v) is 7.02. The summed E-state index contributed by atoms with van der Waals surface area (Å²) in [5.74, 6) is -0.157. The fraction of sp³-hybridized carbons (Fsp3) is 0.562. The van der Waals surface area contributed by atoms with Crippen LogP contribution in [0.25, 0.3) is 0 Å². The van der Waals surface area contributed by atoms with Gasteiger partial charge in [-0.2, -0.15) is 0 Å². The van der Waals surface area contributed by atoms with Crippen LogP contribution in [0.4, 0.5) is 0 Å². The number of carbonyl (C=O) groups is 1. The molecule has 1 aromatic carbocycles. The van der Waals surface area contributed by atoms with E-state index < -0.39 is 5.97 Å². The molecule has 0 radical (unpaired) electrons. The molecule has 0 saturated heterocycles. The smallest absolute Gasteiger partial charge is 0.303 e. The Morgan fingerprint density at radius 2 is 2.05 bits per heavy atom. The second-order valence-corrected chi connectivity index (χ2v) is 5.37. The molecule has 0 saturated carbocycles. The third-order valence-corrected chi connectivity index (χ3v) is 3.35. The molecule has 19 heavy (non-hydrogen) atoms. The Hall–Kier alpha value is -1.35. The normalized spacial score (nSPS) is 10.9. The first kappa shape index (κ1) is 15.7. The minimum absolute atomic E-state index is 0.267. The van der Waals surface area contributed by atoms with Crippen molar-refractivity contribution in [2.45, 2.75) is 52.5 Å². The van der Waals surface area contributed by atoms with Crippen LogP contribution in [-0.4, -0.2) is 17.6 Å². The van der Waals surface area contributed by atoms with Gasteiger partial charge in [-0.1, -0.05) is 32.0 Å². The summed E-state index contributed by atoms with van der Waals surface area (Å²) >= 11 is 0. The molecule has 0 fully saturated rings. The van der Waals surface area contributed by atoms with Crippen LogP contribution in [0.5, 0.6) is 0 Å². The summed E-state index contributed by atoms with van der Waals surface area (Å²) in [6.07, 6.45) is 1.92. The molecule has 0 aliphatic rings. The van der Waals surface area contributed by atoms with E-state index in [0.717, 1.165) is 25.9 Å². The Kier molecular flexibility index (Phi) is 6.57. The Balaban J connectivity index is 2.36. The van der Waals surface area contributed by atoms with Gasteiger partial charge in [0.15, 0.2) is 0 Å². The largest absolute Gasteiger partial charge is 0.481 e. The standard InChI is InChI=1S/C16H25NO2/c1-12(2)14-8-7-13(3)15(10-14)11-17-9-5-4-6-16(18)19/h7-8,10,12,17H,4-6,9,11H2,1-3H3,(H,18,19). The molecule has 0 atom stereocenters. The molecule has 0 amide bonds. The molecular formula is C16H25NO2. The number of rotatable bonds is 8. The number of aryl methyl sites for hydroxylation is 1. The average Bonchev–Trinajstić information content (AvgIpc) is 2.34. The van der Waals surface area contributed by atoms with E-state index in [4.69, 9.17) is 5.11 Å². The van der Waals surface area contributed by atoms with E-state index in [2.05, 4.69) is 44.3 Å². The summed E-state index contributed by atoms with van der Waals surface area (Å²) in [6, 6.07) is 6.64. The molecule has 2 N–H and O–H groups in total. The Labute approximate surface area is 116 Å². The van der Waals surface area contributed by atoms with Gasteiger partial charge < -0.3 is 10.4 Å². The minimum Gasteiger partial charge on any atom is -0.481 e. The van der Waals surface area contributed by atoms with Crippen molar-refractivity contribution in [3.05, 3.63) is 34.9 Å². The summed E-state index contributed by atoms with van der Waals surface area (Å²) in [5, 5.41) is 11.9. The first-order valence-electron chi connectivity index (χ1n) is 7.02. The third kappa shape index (κ3) is 5.88. The third-order valence-electron chi connectivity index (χ3n) is 3.35. The first-order chi connectivity index (χ1) is 9.00. The van der Waals surface area contributed by atoms with E-state index in [1.807, 2.05) is 0 Å². The number of aliphatic carboxylic acids is 1. The zero-order valence-electron chi connectivity index (χ0n) is 12.2. The number of hydrogen-bond donors (Lipinski definition) is 2. The summed E-state index contributed by atoms with van der Waals surface area (Å²) in [7, 11) is 0. The maximum absolute atomic E-state index is 10.4. The summed E-state index contributed by atoms with van der Waals surface area (Å²) in [4.78, 5) is 10.4. The molecule has 1 aromatic rings. The number of hydrogen-bond acceptors (Lipinski definition) is 2. The van der Waals surface area contributed by atoms with Gasteiger partial charge >= 0.3 is 5.97 Å². The van der Waals surface area contributed by atoms with E-state index in [1.54, 1.807) is 0 Å². The molecule has 3 heteroatoms. The summed E-state index contributed by atoms with van der Waals surface area (Å²) in [5.41, 5.74) is 4.01. The van der Waals surface area contributed by atoms with Crippen molar-refractivity contribution < 1.29 is 9.90 Å². The molecule has 3 nitrogen and oxygen atoms in total. The molecule has 0 heterocycles. The van der Waals surface area contributed by atoms with Crippen LogP contribution < -0.4 is 5.32 Å². The van der Waals surface area contributed by atoms with Crippen LogP contribution >= 0.6 is 0 Å². The predicted octanol–water partition coefficient (Wildman–Crippen LogP) is 3.46. The second-order valence-electron chi connectivity index (χ2n) is 5.37. The van der Waals surface area contributed by atoms with Crippen LogP contribution in [0, 0.1) is 6.92 Å². The zero-order chi connectivity index (χ0) is 14.3. The molecule has 0 aliphatic heterocycles. The molecular weight excluding hydrogens is 238 g/mol. The van der Waals surface area contributed by atoms with Crippen molar-refractivity contribution in [3.63, 3.8) is 0 Å². The minimum atomic E-state index is -0.708. The van der Waals surface area contributed by atoms with Gasteiger partial charge in [0.2, 0.25) is 0 Å². The van der Waals surface area contributed by atoms with E-state index >= 15 is 0 Å². The molecule has 0 aromatic heterocycles. The number of nitrogens with one attached hydrogen (secondary N) is 1. The fourth-order valence-corrected chi connectivity index (χ4v) is 1.99. The number of unbranched alkanes of at least 4 members (excludes halogenated alkanes) is 1. The van der Waals surface area contributed by atoms with Crippen LogP contribution in [-0.2, 0) is 11.3 Å². The van der Waals surface area contributed by atoms with E-state index in [1.165, 1.54) is 16.7 Å². The molecule has 1 rings (SSSR count). The molecule has 0 bridgehead atoms. The van der Waals surface area contributed by atoms with E-state index in [-0.39, 0.29) is 6.42 Å². The van der Waals surface area contributed by atoms with Crippen molar-refractivity contribution in [1.82, 2.24) is 5.32 Å². The lowest BCUT2D eigenvalue weighted by atomic mass is 9.98. The van der Waals surface area contributed by atoms with Crippen molar-refractivity contribution >= 4 is 5.97 Å². The maximum Gasteiger partial charge on any atom is 0.303 e. The van der Waals surface area contributed by atoms with E-state index in [0.29, 0.717) is 5.92 Å². The van der Waals surface area contributed by atoms with Crippen molar-refractivity contribution in [1.29, 1.82) is 0 Å². The van der Waals surface area contributed by atoms with Gasteiger partial charge in [0.1, 0.15) is 0 Å².